The number of hydrogen-bond acceptors (Lipinski definition) is 4. The summed E-state index contributed by atoms with van der Waals surface area (Å²) in [5.74, 6) is -0.245. The van der Waals surface area contributed by atoms with E-state index in [2.05, 4.69) is 17.1 Å². The first-order chi connectivity index (χ1) is 11.3. The number of ether oxygens (including phenoxy) is 2. The Kier molecular flexibility index (Phi) is 7.84. The number of esters is 1. The summed E-state index contributed by atoms with van der Waals surface area (Å²) in [5.41, 5.74) is 1.89. The molecule has 0 atom stereocenters. The zero-order valence-electron chi connectivity index (χ0n) is 14.0. The van der Waals surface area contributed by atoms with Gasteiger partial charge in [0.1, 0.15) is 0 Å². The van der Waals surface area contributed by atoms with Crippen LogP contribution in [-0.2, 0) is 15.9 Å². The molecule has 0 bridgehead atoms. The van der Waals surface area contributed by atoms with E-state index in [-0.39, 0.29) is 5.97 Å². The van der Waals surface area contributed by atoms with Gasteiger partial charge in [0.15, 0.2) is 0 Å². The van der Waals surface area contributed by atoms with Gasteiger partial charge in [-0.1, -0.05) is 24.3 Å². The molecular weight excluding hydrogens is 290 g/mol. The molecule has 0 saturated carbocycles. The van der Waals surface area contributed by atoms with Crippen molar-refractivity contribution in [1.82, 2.24) is 4.90 Å². The first kappa shape index (κ1) is 17.7. The molecule has 1 fully saturated rings. The maximum Gasteiger partial charge on any atom is 0.338 e. The highest BCUT2D eigenvalue weighted by atomic mass is 16.5. The van der Waals surface area contributed by atoms with Crippen LogP contribution in [0.25, 0.3) is 0 Å². The summed E-state index contributed by atoms with van der Waals surface area (Å²) in [4.78, 5) is 14.0. The quantitative estimate of drug-likeness (QED) is 0.420. The van der Waals surface area contributed by atoms with Crippen LogP contribution < -0.4 is 0 Å². The largest absolute Gasteiger partial charge is 0.462 e. The van der Waals surface area contributed by atoms with Crippen LogP contribution in [0.1, 0.15) is 35.7 Å². The summed E-state index contributed by atoms with van der Waals surface area (Å²) in [6.45, 7) is 7.05. The molecule has 1 aromatic rings. The third-order valence-corrected chi connectivity index (χ3v) is 3.94. The van der Waals surface area contributed by atoms with Gasteiger partial charge in [0, 0.05) is 19.6 Å². The van der Waals surface area contributed by atoms with E-state index in [1.165, 1.54) is 5.56 Å². The first-order valence-electron chi connectivity index (χ1n) is 8.50. The Morgan fingerprint density at radius 3 is 2.65 bits per heavy atom. The van der Waals surface area contributed by atoms with E-state index in [4.69, 9.17) is 9.47 Å². The van der Waals surface area contributed by atoms with Crippen LogP contribution in [0.5, 0.6) is 0 Å². The number of hydrogen-bond donors (Lipinski definition) is 0. The number of allylic oxidation sites excluding steroid dienone is 1. The molecule has 1 saturated heterocycles. The molecule has 1 aromatic carbocycles. The van der Waals surface area contributed by atoms with Gasteiger partial charge >= 0.3 is 5.97 Å². The van der Waals surface area contributed by atoms with Crippen LogP contribution in [0.15, 0.2) is 36.4 Å². The molecule has 2 rings (SSSR count). The van der Waals surface area contributed by atoms with Gasteiger partial charge in [0.05, 0.1) is 25.4 Å². The van der Waals surface area contributed by atoms with Crippen LogP contribution in [0.2, 0.25) is 0 Å². The Balaban J connectivity index is 1.63. The summed E-state index contributed by atoms with van der Waals surface area (Å²) >= 11 is 0. The van der Waals surface area contributed by atoms with Crippen LogP contribution in [0.3, 0.4) is 0 Å². The van der Waals surface area contributed by atoms with Crippen molar-refractivity contribution in [2.24, 2.45) is 0 Å². The Morgan fingerprint density at radius 2 is 1.96 bits per heavy atom. The Bertz CT molecular complexity index is 490. The Labute approximate surface area is 139 Å². The maximum absolute atomic E-state index is 11.6. The van der Waals surface area contributed by atoms with Gasteiger partial charge < -0.3 is 9.47 Å². The second-order valence-electron chi connectivity index (χ2n) is 5.69. The van der Waals surface area contributed by atoms with E-state index >= 15 is 0 Å². The van der Waals surface area contributed by atoms with E-state index in [0.717, 1.165) is 52.1 Å². The molecule has 0 unspecified atom stereocenters. The Hall–Kier alpha value is -1.65. The molecule has 23 heavy (non-hydrogen) atoms. The molecular formula is C19H27NO3. The molecule has 1 aliphatic rings. The SMILES string of the molecule is CCOC(=O)c1ccc(CCC/C=C/CN2CCOCC2)cc1. The minimum Gasteiger partial charge on any atom is -0.462 e. The van der Waals surface area contributed by atoms with Gasteiger partial charge in [-0.3, -0.25) is 4.90 Å². The lowest BCUT2D eigenvalue weighted by atomic mass is 10.1. The third-order valence-electron chi connectivity index (χ3n) is 3.94. The fourth-order valence-electron chi connectivity index (χ4n) is 2.57. The summed E-state index contributed by atoms with van der Waals surface area (Å²) in [6.07, 6.45) is 7.77. The second kappa shape index (κ2) is 10.2. The maximum atomic E-state index is 11.6. The average Bonchev–Trinajstić information content (AvgIpc) is 2.59. The van der Waals surface area contributed by atoms with Crippen molar-refractivity contribution in [2.75, 3.05) is 39.5 Å². The molecule has 126 valence electrons. The molecule has 0 N–H and O–H groups in total. The lowest BCUT2D eigenvalue weighted by Crippen LogP contribution is -2.36. The van der Waals surface area contributed by atoms with E-state index < -0.39 is 0 Å². The van der Waals surface area contributed by atoms with Crippen molar-refractivity contribution in [3.05, 3.63) is 47.5 Å². The summed E-state index contributed by atoms with van der Waals surface area (Å²) in [6, 6.07) is 7.73. The van der Waals surface area contributed by atoms with Crippen molar-refractivity contribution >= 4 is 5.97 Å². The van der Waals surface area contributed by atoms with E-state index in [0.29, 0.717) is 12.2 Å². The van der Waals surface area contributed by atoms with E-state index in [1.807, 2.05) is 31.2 Å². The molecule has 4 heteroatoms. The number of aryl methyl sites for hydroxylation is 1. The predicted octanol–water partition coefficient (Wildman–Crippen LogP) is 3.07. The van der Waals surface area contributed by atoms with E-state index in [1.54, 1.807) is 0 Å². The minimum absolute atomic E-state index is 0.245. The number of carbonyl (C=O) groups excluding carboxylic acids is 1. The topological polar surface area (TPSA) is 38.8 Å². The van der Waals surface area contributed by atoms with Gasteiger partial charge in [-0.05, 0) is 43.9 Å². The highest BCUT2D eigenvalue weighted by Crippen LogP contribution is 2.09. The number of nitrogens with zero attached hydrogens (tertiary/aromatic N) is 1. The number of rotatable bonds is 8. The number of morpholine rings is 1. The molecule has 0 aliphatic carbocycles. The fraction of sp³-hybridized carbons (Fsp3) is 0.526. The summed E-state index contributed by atoms with van der Waals surface area (Å²) in [7, 11) is 0. The highest BCUT2D eigenvalue weighted by molar-refractivity contribution is 5.89. The molecule has 0 aromatic heterocycles. The molecule has 4 nitrogen and oxygen atoms in total. The van der Waals surface area contributed by atoms with Gasteiger partial charge in [-0.25, -0.2) is 4.79 Å². The summed E-state index contributed by atoms with van der Waals surface area (Å²) < 4.78 is 10.3. The van der Waals surface area contributed by atoms with Gasteiger partial charge in [0.25, 0.3) is 0 Å². The van der Waals surface area contributed by atoms with Crippen molar-refractivity contribution < 1.29 is 14.3 Å². The normalized spacial score (nSPS) is 15.9. The zero-order chi connectivity index (χ0) is 16.3. The monoisotopic (exact) mass is 317 g/mol. The van der Waals surface area contributed by atoms with E-state index in [9.17, 15) is 4.79 Å². The minimum atomic E-state index is -0.245. The molecule has 0 amide bonds. The highest BCUT2D eigenvalue weighted by Gasteiger charge is 2.07. The van der Waals surface area contributed by atoms with Crippen molar-refractivity contribution in [3.8, 4) is 0 Å². The molecule has 0 radical (unpaired) electrons. The smallest absolute Gasteiger partial charge is 0.338 e. The standard InChI is InChI=1S/C19H27NO3/c1-2-23-19(21)18-10-8-17(9-11-18)7-5-3-4-6-12-20-13-15-22-16-14-20/h4,6,8-11H,2-3,5,7,12-16H2,1H3/b6-4+. The number of unbranched alkanes of at least 4 members (excludes halogenated alkanes) is 1. The van der Waals surface area contributed by atoms with Crippen LogP contribution in [0, 0.1) is 0 Å². The molecule has 1 aliphatic heterocycles. The molecule has 1 heterocycles. The van der Waals surface area contributed by atoms with Crippen LogP contribution in [0.4, 0.5) is 0 Å². The predicted molar refractivity (Wildman–Crippen MR) is 91.7 cm³/mol. The second-order valence-corrected chi connectivity index (χ2v) is 5.69. The third kappa shape index (κ3) is 6.55. The lowest BCUT2D eigenvalue weighted by Gasteiger charge is -2.25. The van der Waals surface area contributed by atoms with Gasteiger partial charge in [0.2, 0.25) is 0 Å². The Morgan fingerprint density at radius 1 is 1.22 bits per heavy atom. The fourth-order valence-corrected chi connectivity index (χ4v) is 2.57. The van der Waals surface area contributed by atoms with Crippen LogP contribution >= 0.6 is 0 Å². The van der Waals surface area contributed by atoms with Crippen molar-refractivity contribution in [2.45, 2.75) is 26.2 Å². The number of carbonyl (C=O) groups is 1. The number of benzene rings is 1. The van der Waals surface area contributed by atoms with Crippen LogP contribution in [-0.4, -0.2) is 50.3 Å². The first-order valence-corrected chi connectivity index (χ1v) is 8.50. The lowest BCUT2D eigenvalue weighted by molar-refractivity contribution is 0.0434. The van der Waals surface area contributed by atoms with Gasteiger partial charge in [-0.15, -0.1) is 0 Å². The van der Waals surface area contributed by atoms with Gasteiger partial charge in [-0.2, -0.15) is 0 Å². The zero-order valence-corrected chi connectivity index (χ0v) is 14.0. The summed E-state index contributed by atoms with van der Waals surface area (Å²) in [5, 5.41) is 0. The van der Waals surface area contributed by atoms with Crippen molar-refractivity contribution in [1.29, 1.82) is 0 Å². The van der Waals surface area contributed by atoms with Crippen molar-refractivity contribution in [3.63, 3.8) is 0 Å². The average molecular weight is 317 g/mol. The molecule has 0 spiro atoms.